The lowest BCUT2D eigenvalue weighted by Crippen LogP contribution is -2.52. The minimum absolute atomic E-state index is 0. The molecule has 0 radical (unpaired) electrons. The van der Waals surface area contributed by atoms with Crippen molar-refractivity contribution in [1.82, 2.24) is 5.32 Å². The Labute approximate surface area is 145 Å². The average molecular weight is 337 g/mol. The zero-order chi connectivity index (χ0) is 15.9. The monoisotopic (exact) mass is 336 g/mol. The van der Waals surface area contributed by atoms with Gasteiger partial charge in [0.1, 0.15) is 0 Å². The van der Waals surface area contributed by atoms with Crippen molar-refractivity contribution in [1.29, 1.82) is 0 Å². The van der Waals surface area contributed by atoms with Crippen LogP contribution in [0.3, 0.4) is 0 Å². The van der Waals surface area contributed by atoms with Crippen molar-refractivity contribution in [3.05, 3.63) is 35.9 Å². The summed E-state index contributed by atoms with van der Waals surface area (Å²) in [6.45, 7) is 6.48. The van der Waals surface area contributed by atoms with Crippen LogP contribution in [0.25, 0.3) is 0 Å². The third-order valence-corrected chi connectivity index (χ3v) is 6.24. The normalized spacial score (nSPS) is 30.6. The number of hydrogen-bond donors (Lipinski definition) is 2. The molecule has 2 saturated carbocycles. The van der Waals surface area contributed by atoms with Gasteiger partial charge in [0.05, 0.1) is 5.92 Å². The Bertz CT molecular complexity index is 544. The summed E-state index contributed by atoms with van der Waals surface area (Å²) in [5.74, 6) is 1.26. The smallest absolute Gasteiger partial charge is 0.225 e. The van der Waals surface area contributed by atoms with Crippen LogP contribution in [0.4, 0.5) is 0 Å². The van der Waals surface area contributed by atoms with E-state index in [0.29, 0.717) is 11.8 Å². The van der Waals surface area contributed by atoms with Gasteiger partial charge in [-0.15, -0.1) is 12.4 Å². The zero-order valence-corrected chi connectivity index (χ0v) is 15.1. The number of halogens is 1. The van der Waals surface area contributed by atoms with Gasteiger partial charge in [-0.1, -0.05) is 44.2 Å². The predicted octanol–water partition coefficient (Wildman–Crippen LogP) is 3.26. The summed E-state index contributed by atoms with van der Waals surface area (Å²) in [6, 6.07) is 10.5. The summed E-state index contributed by atoms with van der Waals surface area (Å²) < 4.78 is 0. The number of fused-ring (bicyclic) bond motifs is 2. The molecule has 5 atom stereocenters. The standard InChI is InChI=1S/C19H28N2O.ClH/c1-12(19(2,3)15-7-5-4-6-8-15)21-18(22)16-13-9-10-14(11-13)17(16)20;/h4-8,12-14,16-17H,9-11,20H2,1-3H3,(H,21,22);1H. The van der Waals surface area contributed by atoms with E-state index in [2.05, 4.69) is 50.4 Å². The molecule has 0 saturated heterocycles. The van der Waals surface area contributed by atoms with Crippen molar-refractivity contribution >= 4 is 18.3 Å². The fraction of sp³-hybridized carbons (Fsp3) is 0.632. The Hall–Kier alpha value is -1.06. The van der Waals surface area contributed by atoms with Crippen molar-refractivity contribution in [3.63, 3.8) is 0 Å². The van der Waals surface area contributed by atoms with E-state index in [9.17, 15) is 4.79 Å². The molecule has 23 heavy (non-hydrogen) atoms. The molecule has 1 aromatic rings. The van der Waals surface area contributed by atoms with Gasteiger partial charge in [-0.05, 0) is 43.6 Å². The quantitative estimate of drug-likeness (QED) is 0.886. The highest BCUT2D eigenvalue weighted by Crippen LogP contribution is 2.47. The van der Waals surface area contributed by atoms with Gasteiger partial charge in [0.25, 0.3) is 0 Å². The van der Waals surface area contributed by atoms with Crippen LogP contribution in [0.5, 0.6) is 0 Å². The van der Waals surface area contributed by atoms with Crippen LogP contribution in [0, 0.1) is 17.8 Å². The molecule has 3 rings (SSSR count). The molecule has 128 valence electrons. The molecule has 0 aromatic heterocycles. The van der Waals surface area contributed by atoms with Gasteiger partial charge in [0.15, 0.2) is 0 Å². The highest BCUT2D eigenvalue weighted by atomic mass is 35.5. The van der Waals surface area contributed by atoms with Crippen LogP contribution in [0.15, 0.2) is 30.3 Å². The highest BCUT2D eigenvalue weighted by molar-refractivity contribution is 5.85. The Balaban J connectivity index is 0.00000192. The minimum atomic E-state index is -0.0986. The van der Waals surface area contributed by atoms with Crippen LogP contribution >= 0.6 is 12.4 Å². The second-order valence-corrected chi connectivity index (χ2v) is 7.75. The summed E-state index contributed by atoms with van der Waals surface area (Å²) in [4.78, 5) is 12.7. The third kappa shape index (κ3) is 3.27. The molecule has 0 aliphatic heterocycles. The summed E-state index contributed by atoms with van der Waals surface area (Å²) in [7, 11) is 0. The largest absolute Gasteiger partial charge is 0.352 e. The average Bonchev–Trinajstić information content (AvgIpc) is 3.08. The first-order chi connectivity index (χ1) is 10.4. The van der Waals surface area contributed by atoms with Crippen molar-refractivity contribution < 1.29 is 4.79 Å². The van der Waals surface area contributed by atoms with Gasteiger partial charge in [-0.2, -0.15) is 0 Å². The van der Waals surface area contributed by atoms with Crippen LogP contribution in [0.1, 0.15) is 45.6 Å². The van der Waals surface area contributed by atoms with E-state index in [-0.39, 0.29) is 41.7 Å². The third-order valence-electron chi connectivity index (χ3n) is 6.24. The maximum atomic E-state index is 12.7. The Morgan fingerprint density at radius 1 is 1.22 bits per heavy atom. The molecule has 1 amide bonds. The molecule has 5 unspecified atom stereocenters. The molecule has 3 nitrogen and oxygen atoms in total. The van der Waals surface area contributed by atoms with E-state index in [4.69, 9.17) is 5.73 Å². The number of nitrogens with two attached hydrogens (primary N) is 1. The van der Waals surface area contributed by atoms with Crippen LogP contribution < -0.4 is 11.1 Å². The molecule has 2 aliphatic carbocycles. The molecule has 3 N–H and O–H groups in total. The summed E-state index contributed by atoms with van der Waals surface area (Å²) in [6.07, 6.45) is 3.53. The first-order valence-corrected chi connectivity index (χ1v) is 8.52. The zero-order valence-electron chi connectivity index (χ0n) is 14.3. The summed E-state index contributed by atoms with van der Waals surface area (Å²) >= 11 is 0. The van der Waals surface area contributed by atoms with Crippen LogP contribution in [-0.4, -0.2) is 18.0 Å². The highest BCUT2D eigenvalue weighted by Gasteiger charge is 2.49. The predicted molar refractivity (Wildman–Crippen MR) is 96.6 cm³/mol. The molecule has 0 spiro atoms. The Kier molecular flexibility index (Phi) is 5.42. The molecular weight excluding hydrogens is 308 g/mol. The van der Waals surface area contributed by atoms with Gasteiger partial charge in [-0.3, -0.25) is 4.79 Å². The van der Waals surface area contributed by atoms with Crippen molar-refractivity contribution in [2.45, 2.75) is 57.5 Å². The molecule has 2 aliphatic rings. The Morgan fingerprint density at radius 3 is 2.39 bits per heavy atom. The summed E-state index contributed by atoms with van der Waals surface area (Å²) in [5.41, 5.74) is 7.45. The SMILES string of the molecule is CC(NC(=O)C1C2CCC(C2)C1N)C(C)(C)c1ccccc1.Cl. The van der Waals surface area contributed by atoms with E-state index in [1.807, 2.05) is 6.07 Å². The number of carbonyl (C=O) groups excluding carboxylic acids is 1. The van der Waals surface area contributed by atoms with E-state index < -0.39 is 0 Å². The van der Waals surface area contributed by atoms with Gasteiger partial charge >= 0.3 is 0 Å². The molecule has 0 heterocycles. The van der Waals surface area contributed by atoms with Crippen molar-refractivity contribution in [2.75, 3.05) is 0 Å². The van der Waals surface area contributed by atoms with Crippen LogP contribution in [-0.2, 0) is 10.2 Å². The number of benzene rings is 1. The maximum absolute atomic E-state index is 12.7. The first kappa shape index (κ1) is 18.3. The van der Waals surface area contributed by atoms with E-state index >= 15 is 0 Å². The Morgan fingerprint density at radius 2 is 1.83 bits per heavy atom. The number of nitrogens with one attached hydrogen (secondary N) is 1. The van der Waals surface area contributed by atoms with Crippen LogP contribution in [0.2, 0.25) is 0 Å². The molecular formula is C19H29ClN2O. The number of amides is 1. The van der Waals surface area contributed by atoms with Crippen molar-refractivity contribution in [3.8, 4) is 0 Å². The second kappa shape index (κ2) is 6.82. The number of hydrogen-bond acceptors (Lipinski definition) is 2. The molecule has 2 fully saturated rings. The van der Waals surface area contributed by atoms with Gasteiger partial charge in [0.2, 0.25) is 5.91 Å². The lowest BCUT2D eigenvalue weighted by atomic mass is 9.77. The fourth-order valence-electron chi connectivity index (χ4n) is 4.33. The first-order valence-electron chi connectivity index (χ1n) is 8.52. The minimum Gasteiger partial charge on any atom is -0.352 e. The van der Waals surface area contributed by atoms with Crippen molar-refractivity contribution in [2.24, 2.45) is 23.5 Å². The number of rotatable bonds is 4. The fourth-order valence-corrected chi connectivity index (χ4v) is 4.33. The van der Waals surface area contributed by atoms with E-state index in [0.717, 1.165) is 6.42 Å². The lowest BCUT2D eigenvalue weighted by molar-refractivity contribution is -0.128. The van der Waals surface area contributed by atoms with Gasteiger partial charge in [0, 0.05) is 17.5 Å². The molecule has 4 heteroatoms. The van der Waals surface area contributed by atoms with E-state index in [1.54, 1.807) is 0 Å². The van der Waals surface area contributed by atoms with Gasteiger partial charge in [-0.25, -0.2) is 0 Å². The topological polar surface area (TPSA) is 55.1 Å². The summed E-state index contributed by atoms with van der Waals surface area (Å²) in [5, 5.41) is 3.26. The molecule has 2 bridgehead atoms. The second-order valence-electron chi connectivity index (χ2n) is 7.75. The molecule has 1 aromatic carbocycles. The number of carbonyl (C=O) groups is 1. The van der Waals surface area contributed by atoms with Gasteiger partial charge < -0.3 is 11.1 Å². The lowest BCUT2D eigenvalue weighted by Gasteiger charge is -2.35. The van der Waals surface area contributed by atoms with E-state index in [1.165, 1.54) is 18.4 Å². The maximum Gasteiger partial charge on any atom is 0.225 e.